The second-order valence-corrected chi connectivity index (χ2v) is 5.62. The molecule has 0 aliphatic carbocycles. The lowest BCUT2D eigenvalue weighted by Gasteiger charge is -2.17. The van der Waals surface area contributed by atoms with Gasteiger partial charge >= 0.3 is 0 Å². The lowest BCUT2D eigenvalue weighted by molar-refractivity contribution is 0.546. The Morgan fingerprint density at radius 3 is 2.56 bits per heavy atom. The zero-order valence-electron chi connectivity index (χ0n) is 11.1. The largest absolute Gasteiger partial charge is 0.272 e. The molecule has 2 aromatic rings. The number of hydrogen-bond donors (Lipinski definition) is 0. The highest BCUT2D eigenvalue weighted by molar-refractivity contribution is 6.29. The third kappa shape index (κ3) is 2.70. The second kappa shape index (κ2) is 4.69. The highest BCUT2D eigenvalue weighted by atomic mass is 35.5. The highest BCUT2D eigenvalue weighted by Gasteiger charge is 2.19. The number of halogens is 1. The molecular weight excluding hydrogens is 248 g/mol. The lowest BCUT2D eigenvalue weighted by Crippen LogP contribution is -2.16. The first-order valence-corrected chi connectivity index (χ1v) is 6.36. The van der Waals surface area contributed by atoms with Crippen LogP contribution in [0.2, 0.25) is 5.15 Å². The summed E-state index contributed by atoms with van der Waals surface area (Å²) in [6, 6.07) is 1.77. The molecule has 2 aromatic heterocycles. The van der Waals surface area contributed by atoms with Gasteiger partial charge in [0, 0.05) is 29.8 Å². The average molecular weight is 265 g/mol. The Morgan fingerprint density at radius 2 is 2.00 bits per heavy atom. The Kier molecular flexibility index (Phi) is 3.39. The minimum absolute atomic E-state index is 0.125. The van der Waals surface area contributed by atoms with Crippen molar-refractivity contribution in [2.45, 2.75) is 39.7 Å². The van der Waals surface area contributed by atoms with Crippen LogP contribution in [-0.2, 0) is 12.0 Å². The predicted octanol–water partition coefficient (Wildman–Crippen LogP) is 3.31. The molecule has 0 atom stereocenters. The first kappa shape index (κ1) is 13.0. The van der Waals surface area contributed by atoms with Gasteiger partial charge in [0.05, 0.1) is 11.9 Å². The molecule has 0 radical (unpaired) electrons. The van der Waals surface area contributed by atoms with Crippen molar-refractivity contribution in [3.63, 3.8) is 0 Å². The molecule has 0 fully saturated rings. The zero-order chi connectivity index (χ0) is 13.3. The van der Waals surface area contributed by atoms with Gasteiger partial charge in [0.15, 0.2) is 0 Å². The molecule has 2 rings (SSSR count). The van der Waals surface area contributed by atoms with Crippen molar-refractivity contribution in [3.05, 3.63) is 29.4 Å². The molecule has 0 spiro atoms. The molecule has 5 heteroatoms. The monoisotopic (exact) mass is 264 g/mol. The van der Waals surface area contributed by atoms with E-state index in [1.54, 1.807) is 12.3 Å². The molecule has 18 heavy (non-hydrogen) atoms. The van der Waals surface area contributed by atoms with Crippen molar-refractivity contribution >= 4 is 11.6 Å². The topological polar surface area (TPSA) is 43.6 Å². The van der Waals surface area contributed by atoms with E-state index >= 15 is 0 Å². The van der Waals surface area contributed by atoms with Gasteiger partial charge < -0.3 is 0 Å². The van der Waals surface area contributed by atoms with Gasteiger partial charge in [-0.25, -0.2) is 9.97 Å². The van der Waals surface area contributed by atoms with Gasteiger partial charge in [0.1, 0.15) is 11.0 Å². The molecule has 0 saturated carbocycles. The van der Waals surface area contributed by atoms with Gasteiger partial charge in [-0.1, -0.05) is 32.4 Å². The van der Waals surface area contributed by atoms with Crippen molar-refractivity contribution in [1.82, 2.24) is 19.7 Å². The van der Waals surface area contributed by atoms with Crippen LogP contribution in [0.4, 0.5) is 0 Å². The summed E-state index contributed by atoms with van der Waals surface area (Å²) >= 11 is 6.07. The number of aryl methyl sites for hydroxylation is 1. The quantitative estimate of drug-likeness (QED) is 0.782. The van der Waals surface area contributed by atoms with Crippen LogP contribution in [0.25, 0.3) is 11.3 Å². The number of rotatable bonds is 2. The highest BCUT2D eigenvalue weighted by Crippen LogP contribution is 2.25. The maximum absolute atomic E-state index is 6.07. The van der Waals surface area contributed by atoms with Gasteiger partial charge in [-0.2, -0.15) is 5.10 Å². The summed E-state index contributed by atoms with van der Waals surface area (Å²) in [6.07, 6.45) is 3.76. The van der Waals surface area contributed by atoms with E-state index in [0.717, 1.165) is 23.6 Å². The normalized spacial score (nSPS) is 11.8. The third-order valence-corrected chi connectivity index (χ3v) is 2.81. The summed E-state index contributed by atoms with van der Waals surface area (Å²) in [5.41, 5.74) is 1.66. The average Bonchev–Trinajstić information content (AvgIpc) is 2.75. The minimum atomic E-state index is -0.125. The van der Waals surface area contributed by atoms with Crippen molar-refractivity contribution in [2.24, 2.45) is 0 Å². The standard InChI is InChI=1S/C13H17ClN4/c1-5-18-8-9(7-15-18)10-6-11(14)17-12(16-10)13(2,3)4/h6-8H,5H2,1-4H3. The molecule has 0 amide bonds. The molecule has 96 valence electrons. The van der Waals surface area contributed by atoms with E-state index in [1.165, 1.54) is 0 Å². The maximum atomic E-state index is 6.07. The molecule has 4 nitrogen and oxygen atoms in total. The summed E-state index contributed by atoms with van der Waals surface area (Å²) in [5.74, 6) is 0.745. The van der Waals surface area contributed by atoms with Crippen molar-refractivity contribution in [2.75, 3.05) is 0 Å². The van der Waals surface area contributed by atoms with E-state index in [4.69, 9.17) is 11.6 Å². The SMILES string of the molecule is CCn1cc(-c2cc(Cl)nc(C(C)(C)C)n2)cn1. The molecule has 0 N–H and O–H groups in total. The first-order valence-electron chi connectivity index (χ1n) is 5.98. The number of aromatic nitrogens is 4. The van der Waals surface area contributed by atoms with Gasteiger partial charge in [-0.3, -0.25) is 4.68 Å². The summed E-state index contributed by atoms with van der Waals surface area (Å²) < 4.78 is 1.86. The van der Waals surface area contributed by atoms with Crippen molar-refractivity contribution in [1.29, 1.82) is 0 Å². The van der Waals surface area contributed by atoms with E-state index < -0.39 is 0 Å². The molecule has 0 aromatic carbocycles. The van der Waals surface area contributed by atoms with Gasteiger partial charge in [-0.15, -0.1) is 0 Å². The lowest BCUT2D eigenvalue weighted by atomic mass is 9.95. The fourth-order valence-corrected chi connectivity index (χ4v) is 1.75. The molecule has 0 aliphatic heterocycles. The number of hydrogen-bond acceptors (Lipinski definition) is 3. The van der Waals surface area contributed by atoms with Gasteiger partial charge in [0.25, 0.3) is 0 Å². The summed E-state index contributed by atoms with van der Waals surface area (Å²) in [4.78, 5) is 8.86. The summed E-state index contributed by atoms with van der Waals surface area (Å²) in [5, 5.41) is 4.71. The zero-order valence-corrected chi connectivity index (χ0v) is 11.9. The van der Waals surface area contributed by atoms with Crippen LogP contribution in [0.15, 0.2) is 18.5 Å². The van der Waals surface area contributed by atoms with Crippen LogP contribution < -0.4 is 0 Å². The predicted molar refractivity (Wildman–Crippen MR) is 72.6 cm³/mol. The van der Waals surface area contributed by atoms with E-state index in [-0.39, 0.29) is 5.41 Å². The Hall–Kier alpha value is -1.42. The molecule has 2 heterocycles. The Bertz CT molecular complexity index is 554. The second-order valence-electron chi connectivity index (χ2n) is 5.23. The van der Waals surface area contributed by atoms with Crippen LogP contribution in [0, 0.1) is 0 Å². The van der Waals surface area contributed by atoms with Crippen LogP contribution in [0.3, 0.4) is 0 Å². The summed E-state index contributed by atoms with van der Waals surface area (Å²) in [7, 11) is 0. The molecule has 0 saturated heterocycles. The van der Waals surface area contributed by atoms with Crippen LogP contribution >= 0.6 is 11.6 Å². The third-order valence-electron chi connectivity index (χ3n) is 2.62. The van der Waals surface area contributed by atoms with Gasteiger partial charge in [-0.05, 0) is 6.92 Å². The summed E-state index contributed by atoms with van der Waals surface area (Å²) in [6.45, 7) is 9.09. The fraction of sp³-hybridized carbons (Fsp3) is 0.462. The van der Waals surface area contributed by atoms with Crippen LogP contribution in [0.1, 0.15) is 33.5 Å². The fourth-order valence-electron chi connectivity index (χ4n) is 1.57. The van der Waals surface area contributed by atoms with E-state index in [2.05, 4.69) is 35.8 Å². The molecule has 0 unspecified atom stereocenters. The maximum Gasteiger partial charge on any atom is 0.136 e. The van der Waals surface area contributed by atoms with Crippen molar-refractivity contribution in [3.8, 4) is 11.3 Å². The van der Waals surface area contributed by atoms with Gasteiger partial charge in [0.2, 0.25) is 0 Å². The van der Waals surface area contributed by atoms with E-state index in [1.807, 2.05) is 17.8 Å². The van der Waals surface area contributed by atoms with Crippen LogP contribution in [-0.4, -0.2) is 19.7 Å². The molecular formula is C13H17ClN4. The van der Waals surface area contributed by atoms with E-state index in [9.17, 15) is 0 Å². The van der Waals surface area contributed by atoms with Crippen molar-refractivity contribution < 1.29 is 0 Å². The molecule has 0 aliphatic rings. The number of nitrogens with zero attached hydrogens (tertiary/aromatic N) is 4. The Balaban J connectivity index is 2.48. The first-order chi connectivity index (χ1) is 8.40. The Morgan fingerprint density at radius 1 is 1.28 bits per heavy atom. The minimum Gasteiger partial charge on any atom is -0.272 e. The Labute approximate surface area is 112 Å². The molecule has 0 bridgehead atoms. The van der Waals surface area contributed by atoms with E-state index in [0.29, 0.717) is 5.15 Å². The smallest absolute Gasteiger partial charge is 0.136 e. The van der Waals surface area contributed by atoms with Crippen LogP contribution in [0.5, 0.6) is 0 Å².